The van der Waals surface area contributed by atoms with Gasteiger partial charge in [-0.3, -0.25) is 4.99 Å². The van der Waals surface area contributed by atoms with Gasteiger partial charge in [-0.05, 0) is 54.5 Å². The Morgan fingerprint density at radius 2 is 2.19 bits per heavy atom. The first kappa shape index (κ1) is 21.5. The normalized spacial score (nSPS) is 17.1. The maximum atomic E-state index is 4.35. The summed E-state index contributed by atoms with van der Waals surface area (Å²) in [5.74, 6) is 1.52. The van der Waals surface area contributed by atoms with Crippen LogP contribution in [0.4, 0.5) is 5.69 Å². The fourth-order valence-electron chi connectivity index (χ4n) is 3.12. The van der Waals surface area contributed by atoms with Gasteiger partial charge in [-0.1, -0.05) is 22.0 Å². The number of benzene rings is 1. The molecule has 1 aromatic carbocycles. The Kier molecular flexibility index (Phi) is 8.69. The van der Waals surface area contributed by atoms with E-state index in [9.17, 15) is 0 Å². The van der Waals surface area contributed by atoms with E-state index in [0.29, 0.717) is 5.92 Å². The third-order valence-electron chi connectivity index (χ3n) is 4.63. The van der Waals surface area contributed by atoms with Crippen molar-refractivity contribution in [2.24, 2.45) is 10.9 Å². The van der Waals surface area contributed by atoms with Crippen LogP contribution in [-0.2, 0) is 6.54 Å². The molecule has 0 aliphatic carbocycles. The van der Waals surface area contributed by atoms with E-state index < -0.39 is 0 Å². The molecule has 0 radical (unpaired) electrons. The summed E-state index contributed by atoms with van der Waals surface area (Å²) < 4.78 is 1.14. The van der Waals surface area contributed by atoms with Crippen molar-refractivity contribution in [3.05, 3.63) is 50.6 Å². The molecule has 1 aromatic heterocycles. The number of thiophene rings is 1. The number of nitrogens with zero attached hydrogens (tertiary/aromatic N) is 2. The molecule has 2 heterocycles. The smallest absolute Gasteiger partial charge is 0.191 e. The Balaban J connectivity index is 0.00000243. The molecule has 1 unspecified atom stereocenters. The van der Waals surface area contributed by atoms with E-state index in [2.05, 4.69) is 79.1 Å². The van der Waals surface area contributed by atoms with Crippen LogP contribution in [0.3, 0.4) is 0 Å². The standard InChI is InChI=1S/C19H25BrN4S.HI/c1-14-7-9-25-18(14)12-23-19(21-2)22-11-15-6-8-24(13-15)17-5-3-4-16(20)10-17;/h3-5,7,9-10,15H,6,8,11-13H2,1-2H3,(H2,21,22,23);1H. The fraction of sp³-hybridized carbons (Fsp3) is 0.421. The average molecular weight is 549 g/mol. The summed E-state index contributed by atoms with van der Waals surface area (Å²) in [6.07, 6.45) is 1.21. The summed E-state index contributed by atoms with van der Waals surface area (Å²) in [5.41, 5.74) is 2.64. The first-order valence-corrected chi connectivity index (χ1v) is 10.3. The van der Waals surface area contributed by atoms with Crippen LogP contribution in [0.25, 0.3) is 0 Å². The molecule has 1 fully saturated rings. The second-order valence-electron chi connectivity index (χ2n) is 6.41. The van der Waals surface area contributed by atoms with Gasteiger partial charge in [0.2, 0.25) is 0 Å². The van der Waals surface area contributed by atoms with Gasteiger partial charge in [0.05, 0.1) is 6.54 Å². The van der Waals surface area contributed by atoms with Gasteiger partial charge in [-0.2, -0.15) is 0 Å². The molecular formula is C19H26BrIN4S. The van der Waals surface area contributed by atoms with E-state index in [0.717, 1.165) is 36.6 Å². The molecule has 2 N–H and O–H groups in total. The van der Waals surface area contributed by atoms with Crippen LogP contribution in [0.5, 0.6) is 0 Å². The minimum absolute atomic E-state index is 0. The minimum Gasteiger partial charge on any atom is -0.371 e. The maximum absolute atomic E-state index is 4.35. The predicted molar refractivity (Wildman–Crippen MR) is 127 cm³/mol. The number of hydrogen-bond donors (Lipinski definition) is 2. The second-order valence-corrected chi connectivity index (χ2v) is 8.33. The average Bonchev–Trinajstić information content (AvgIpc) is 3.24. The van der Waals surface area contributed by atoms with Gasteiger partial charge in [0, 0.05) is 41.7 Å². The zero-order chi connectivity index (χ0) is 17.6. The molecule has 0 saturated carbocycles. The Morgan fingerprint density at radius 3 is 2.88 bits per heavy atom. The predicted octanol–water partition coefficient (Wildman–Crippen LogP) is 4.63. The van der Waals surface area contributed by atoms with Crippen molar-refractivity contribution < 1.29 is 0 Å². The lowest BCUT2D eigenvalue weighted by Gasteiger charge is -2.19. The molecule has 4 nitrogen and oxygen atoms in total. The van der Waals surface area contributed by atoms with Crippen LogP contribution in [0.1, 0.15) is 16.9 Å². The monoisotopic (exact) mass is 548 g/mol. The van der Waals surface area contributed by atoms with E-state index in [-0.39, 0.29) is 24.0 Å². The first-order valence-electron chi connectivity index (χ1n) is 8.63. The Labute approximate surface area is 185 Å². The topological polar surface area (TPSA) is 39.7 Å². The van der Waals surface area contributed by atoms with Gasteiger partial charge in [-0.25, -0.2) is 0 Å². The quantitative estimate of drug-likeness (QED) is 0.325. The number of rotatable bonds is 5. The van der Waals surface area contributed by atoms with Crippen molar-refractivity contribution in [3.8, 4) is 0 Å². The van der Waals surface area contributed by atoms with Crippen molar-refractivity contribution in [3.63, 3.8) is 0 Å². The number of aryl methyl sites for hydroxylation is 1. The fourth-order valence-corrected chi connectivity index (χ4v) is 4.35. The molecule has 0 amide bonds. The van der Waals surface area contributed by atoms with E-state index in [1.165, 1.54) is 22.5 Å². The highest BCUT2D eigenvalue weighted by Gasteiger charge is 2.22. The van der Waals surface area contributed by atoms with Gasteiger partial charge >= 0.3 is 0 Å². The molecule has 1 aliphatic rings. The number of anilines is 1. The third-order valence-corrected chi connectivity index (χ3v) is 6.14. The van der Waals surface area contributed by atoms with Crippen LogP contribution in [0, 0.1) is 12.8 Å². The third kappa shape index (κ3) is 5.85. The largest absolute Gasteiger partial charge is 0.371 e. The lowest BCUT2D eigenvalue weighted by molar-refractivity contribution is 0.566. The van der Waals surface area contributed by atoms with E-state index >= 15 is 0 Å². The summed E-state index contributed by atoms with van der Waals surface area (Å²) in [6, 6.07) is 10.7. The molecule has 142 valence electrons. The van der Waals surface area contributed by atoms with E-state index in [1.807, 2.05) is 7.05 Å². The SMILES string of the molecule is CN=C(NCc1sccc1C)NCC1CCN(c2cccc(Br)c2)C1.I. The van der Waals surface area contributed by atoms with Crippen LogP contribution in [0.2, 0.25) is 0 Å². The summed E-state index contributed by atoms with van der Waals surface area (Å²) in [4.78, 5) is 8.17. The first-order chi connectivity index (χ1) is 12.2. The highest BCUT2D eigenvalue weighted by atomic mass is 127. The van der Waals surface area contributed by atoms with Crippen LogP contribution < -0.4 is 15.5 Å². The highest BCUT2D eigenvalue weighted by Crippen LogP contribution is 2.25. The molecule has 2 aromatic rings. The molecule has 1 atom stereocenters. The Morgan fingerprint density at radius 1 is 1.35 bits per heavy atom. The molecular weight excluding hydrogens is 523 g/mol. The second kappa shape index (κ2) is 10.5. The van der Waals surface area contributed by atoms with E-state index in [4.69, 9.17) is 0 Å². The zero-order valence-electron chi connectivity index (χ0n) is 15.2. The molecule has 7 heteroatoms. The van der Waals surface area contributed by atoms with Crippen LogP contribution in [-0.4, -0.2) is 32.6 Å². The minimum atomic E-state index is 0. The van der Waals surface area contributed by atoms with Crippen molar-refractivity contribution in [2.75, 3.05) is 31.6 Å². The number of hydrogen-bond acceptors (Lipinski definition) is 3. The number of aliphatic imine (C=N–C) groups is 1. The van der Waals surface area contributed by atoms with Crippen molar-refractivity contribution in [1.29, 1.82) is 0 Å². The summed E-state index contributed by atoms with van der Waals surface area (Å²) >= 11 is 5.35. The van der Waals surface area contributed by atoms with Gasteiger partial charge in [0.25, 0.3) is 0 Å². The highest BCUT2D eigenvalue weighted by molar-refractivity contribution is 14.0. The molecule has 26 heavy (non-hydrogen) atoms. The summed E-state index contributed by atoms with van der Waals surface area (Å²) in [7, 11) is 1.83. The van der Waals surface area contributed by atoms with Crippen molar-refractivity contribution >= 4 is 62.9 Å². The van der Waals surface area contributed by atoms with Crippen molar-refractivity contribution in [1.82, 2.24) is 10.6 Å². The van der Waals surface area contributed by atoms with Gasteiger partial charge in [-0.15, -0.1) is 35.3 Å². The molecule has 1 aliphatic heterocycles. The van der Waals surface area contributed by atoms with Crippen LogP contribution in [0.15, 0.2) is 45.2 Å². The summed E-state index contributed by atoms with van der Waals surface area (Å²) in [6.45, 7) is 6.14. The Hall–Kier alpha value is -0.800. The van der Waals surface area contributed by atoms with Crippen molar-refractivity contribution in [2.45, 2.75) is 19.9 Å². The lowest BCUT2D eigenvalue weighted by atomic mass is 10.1. The van der Waals surface area contributed by atoms with Gasteiger partial charge in [0.1, 0.15) is 0 Å². The number of halogens is 2. The van der Waals surface area contributed by atoms with E-state index in [1.54, 1.807) is 11.3 Å². The number of nitrogens with one attached hydrogen (secondary N) is 2. The van der Waals surface area contributed by atoms with Crippen LogP contribution >= 0.6 is 51.2 Å². The number of guanidine groups is 1. The van der Waals surface area contributed by atoms with Gasteiger partial charge in [0.15, 0.2) is 5.96 Å². The molecule has 1 saturated heterocycles. The lowest BCUT2D eigenvalue weighted by Crippen LogP contribution is -2.39. The molecule has 0 bridgehead atoms. The maximum Gasteiger partial charge on any atom is 0.191 e. The van der Waals surface area contributed by atoms with Gasteiger partial charge < -0.3 is 15.5 Å². The Bertz CT molecular complexity index is 734. The molecule has 3 rings (SSSR count). The summed E-state index contributed by atoms with van der Waals surface area (Å²) in [5, 5.41) is 9.04. The molecule has 0 spiro atoms. The zero-order valence-corrected chi connectivity index (χ0v) is 19.9.